The number of aliphatic carboxylic acids is 1. The molecule has 8 nitrogen and oxygen atoms in total. The van der Waals surface area contributed by atoms with Crippen molar-refractivity contribution in [2.75, 3.05) is 12.4 Å². The van der Waals surface area contributed by atoms with Crippen molar-refractivity contribution in [1.82, 2.24) is 10.2 Å². The number of carboxylic acid groups (broad SMARTS) is 1. The van der Waals surface area contributed by atoms with Gasteiger partial charge in [-0.05, 0) is 23.6 Å². The van der Waals surface area contributed by atoms with Gasteiger partial charge in [-0.1, -0.05) is 13.8 Å². The minimum atomic E-state index is -0.957. The van der Waals surface area contributed by atoms with E-state index in [1.54, 1.807) is 39.0 Å². The molecule has 25 heavy (non-hydrogen) atoms. The van der Waals surface area contributed by atoms with Gasteiger partial charge in [-0.25, -0.2) is 0 Å². The lowest BCUT2D eigenvalue weighted by atomic mass is 10.1. The number of hydrogen-bond donors (Lipinski definition) is 2. The summed E-state index contributed by atoms with van der Waals surface area (Å²) in [5.41, 5.74) is 0.490. The van der Waals surface area contributed by atoms with Crippen molar-refractivity contribution in [3.63, 3.8) is 0 Å². The van der Waals surface area contributed by atoms with Gasteiger partial charge in [-0.3, -0.25) is 9.59 Å². The number of amides is 1. The third-order valence-corrected chi connectivity index (χ3v) is 4.60. The van der Waals surface area contributed by atoms with Crippen molar-refractivity contribution in [1.29, 1.82) is 0 Å². The highest BCUT2D eigenvalue weighted by atomic mass is 16.5. The number of methoxy groups -OCH3 is 1. The number of hydrogen-bond acceptors (Lipinski definition) is 6. The molecular weight excluding hydrogens is 326 g/mol. The molecule has 1 heterocycles. The normalized spacial score (nSPS) is 20.8. The molecule has 2 N–H and O–H groups in total. The summed E-state index contributed by atoms with van der Waals surface area (Å²) >= 11 is 0. The summed E-state index contributed by atoms with van der Waals surface area (Å²) in [6.45, 7) is 5.23. The minimum Gasteiger partial charge on any atom is -0.496 e. The Morgan fingerprint density at radius 2 is 2.00 bits per heavy atom. The van der Waals surface area contributed by atoms with Crippen molar-refractivity contribution < 1.29 is 23.8 Å². The number of carbonyl (C=O) groups excluding carboxylic acids is 1. The number of aromatic nitrogens is 2. The molecule has 0 saturated heterocycles. The molecule has 2 atom stereocenters. The van der Waals surface area contributed by atoms with Gasteiger partial charge < -0.3 is 19.6 Å². The zero-order chi connectivity index (χ0) is 18.4. The van der Waals surface area contributed by atoms with E-state index in [-0.39, 0.29) is 11.8 Å². The number of nitrogens with zero attached hydrogens (tertiary/aromatic N) is 2. The van der Waals surface area contributed by atoms with Crippen LogP contribution in [0.25, 0.3) is 11.5 Å². The van der Waals surface area contributed by atoms with Crippen LogP contribution in [-0.4, -0.2) is 34.3 Å². The fourth-order valence-corrected chi connectivity index (χ4v) is 3.17. The quantitative estimate of drug-likeness (QED) is 0.854. The average molecular weight is 345 g/mol. The summed E-state index contributed by atoms with van der Waals surface area (Å²) in [6, 6.07) is 5.01. The van der Waals surface area contributed by atoms with Crippen molar-refractivity contribution in [3.8, 4) is 17.2 Å². The molecule has 1 aromatic carbocycles. The van der Waals surface area contributed by atoms with E-state index >= 15 is 0 Å². The number of carbonyl (C=O) groups is 2. The smallest absolute Gasteiger partial charge is 0.307 e. The van der Waals surface area contributed by atoms with Gasteiger partial charge in [0.25, 0.3) is 5.89 Å². The SMILES string of the molecule is COc1ccc(NC(=O)[C@@H]2[C@H](C(=O)O)C2(C)C)cc1-c1nnc(C)o1. The predicted octanol–water partition coefficient (Wildman–Crippen LogP) is 2.35. The maximum Gasteiger partial charge on any atom is 0.307 e. The lowest BCUT2D eigenvalue weighted by Crippen LogP contribution is -2.17. The zero-order valence-corrected chi connectivity index (χ0v) is 14.4. The summed E-state index contributed by atoms with van der Waals surface area (Å²) in [4.78, 5) is 23.7. The second-order valence-corrected chi connectivity index (χ2v) is 6.65. The molecule has 0 unspecified atom stereocenters. The molecule has 1 fully saturated rings. The van der Waals surface area contributed by atoms with Crippen LogP contribution in [0.3, 0.4) is 0 Å². The van der Waals surface area contributed by atoms with E-state index in [9.17, 15) is 14.7 Å². The van der Waals surface area contributed by atoms with Crippen LogP contribution in [0.1, 0.15) is 19.7 Å². The maximum absolute atomic E-state index is 12.5. The van der Waals surface area contributed by atoms with Crippen molar-refractivity contribution in [2.24, 2.45) is 17.3 Å². The van der Waals surface area contributed by atoms with Gasteiger partial charge in [-0.15, -0.1) is 10.2 Å². The van der Waals surface area contributed by atoms with Gasteiger partial charge in [0.15, 0.2) is 0 Å². The van der Waals surface area contributed by atoms with Gasteiger partial charge in [-0.2, -0.15) is 0 Å². The van der Waals surface area contributed by atoms with E-state index in [0.717, 1.165) is 0 Å². The highest BCUT2D eigenvalue weighted by molar-refractivity contribution is 6.00. The third-order valence-electron chi connectivity index (χ3n) is 4.60. The monoisotopic (exact) mass is 345 g/mol. The molecule has 1 aliphatic rings. The summed E-state index contributed by atoms with van der Waals surface area (Å²) < 4.78 is 10.7. The fourth-order valence-electron chi connectivity index (χ4n) is 3.17. The molecule has 1 aromatic heterocycles. The van der Waals surface area contributed by atoms with Crippen LogP contribution >= 0.6 is 0 Å². The molecule has 0 bridgehead atoms. The highest BCUT2D eigenvalue weighted by Gasteiger charge is 2.65. The predicted molar refractivity (Wildman–Crippen MR) is 88.0 cm³/mol. The molecule has 0 radical (unpaired) electrons. The minimum absolute atomic E-state index is 0.278. The second kappa shape index (κ2) is 5.87. The Balaban J connectivity index is 1.84. The van der Waals surface area contributed by atoms with Crippen LogP contribution in [0.5, 0.6) is 5.75 Å². The molecule has 0 spiro atoms. The van der Waals surface area contributed by atoms with Crippen molar-refractivity contribution >= 4 is 17.6 Å². The van der Waals surface area contributed by atoms with E-state index in [1.807, 2.05) is 0 Å². The van der Waals surface area contributed by atoms with Gasteiger partial charge in [0.1, 0.15) is 5.75 Å². The number of nitrogens with one attached hydrogen (secondary N) is 1. The first-order valence-electron chi connectivity index (χ1n) is 7.78. The molecule has 8 heteroatoms. The maximum atomic E-state index is 12.5. The van der Waals surface area contributed by atoms with E-state index in [1.165, 1.54) is 7.11 Å². The lowest BCUT2D eigenvalue weighted by molar-refractivity contribution is -0.140. The Hall–Kier alpha value is -2.90. The first-order valence-corrected chi connectivity index (χ1v) is 7.78. The van der Waals surface area contributed by atoms with E-state index in [2.05, 4.69) is 15.5 Å². The Labute approximate surface area is 144 Å². The first-order chi connectivity index (χ1) is 11.8. The van der Waals surface area contributed by atoms with Gasteiger partial charge >= 0.3 is 5.97 Å². The van der Waals surface area contributed by atoms with Crippen LogP contribution in [0.2, 0.25) is 0 Å². The Morgan fingerprint density at radius 3 is 2.52 bits per heavy atom. The van der Waals surface area contributed by atoms with Crippen LogP contribution in [0, 0.1) is 24.2 Å². The largest absolute Gasteiger partial charge is 0.496 e. The first kappa shape index (κ1) is 16.9. The fraction of sp³-hybridized carbons (Fsp3) is 0.412. The highest BCUT2D eigenvalue weighted by Crippen LogP contribution is 2.58. The van der Waals surface area contributed by atoms with Gasteiger partial charge in [0, 0.05) is 12.6 Å². The van der Waals surface area contributed by atoms with Crippen LogP contribution in [0.4, 0.5) is 5.69 Å². The topological polar surface area (TPSA) is 115 Å². The molecule has 1 amide bonds. The van der Waals surface area contributed by atoms with Crippen LogP contribution < -0.4 is 10.1 Å². The van der Waals surface area contributed by atoms with E-state index in [4.69, 9.17) is 9.15 Å². The number of rotatable bonds is 5. The van der Waals surface area contributed by atoms with Gasteiger partial charge in [0.2, 0.25) is 11.8 Å². The van der Waals surface area contributed by atoms with Gasteiger partial charge in [0.05, 0.1) is 24.5 Å². The zero-order valence-electron chi connectivity index (χ0n) is 14.4. The van der Waals surface area contributed by atoms with Crippen molar-refractivity contribution in [3.05, 3.63) is 24.1 Å². The van der Waals surface area contributed by atoms with Crippen LogP contribution in [0.15, 0.2) is 22.6 Å². The Bertz CT molecular complexity index is 843. The number of anilines is 1. The number of benzene rings is 1. The lowest BCUT2D eigenvalue weighted by Gasteiger charge is -2.10. The molecule has 1 aliphatic carbocycles. The molecular formula is C17H19N3O5. The number of ether oxygens (including phenoxy) is 1. The summed E-state index contributed by atoms with van der Waals surface area (Å²) in [5, 5.41) is 19.7. The third kappa shape index (κ3) is 2.95. The standard InChI is InChI=1S/C17H19N3O5/c1-8-19-20-15(25-8)10-7-9(5-6-11(10)24-4)18-14(21)12-13(16(22)23)17(12,2)3/h5-7,12-13H,1-4H3,(H,18,21)(H,22,23)/t12-,13+/m0/s1. The number of aryl methyl sites for hydroxylation is 1. The van der Waals surface area contributed by atoms with Crippen molar-refractivity contribution in [2.45, 2.75) is 20.8 Å². The second-order valence-electron chi connectivity index (χ2n) is 6.65. The Kier molecular flexibility index (Phi) is 3.98. The summed E-state index contributed by atoms with van der Waals surface area (Å²) in [6.07, 6.45) is 0. The molecule has 0 aliphatic heterocycles. The summed E-state index contributed by atoms with van der Waals surface area (Å²) in [5.74, 6) is -1.31. The van der Waals surface area contributed by atoms with Crippen LogP contribution in [-0.2, 0) is 9.59 Å². The average Bonchev–Trinajstić information content (AvgIpc) is 2.89. The van der Waals surface area contributed by atoms with E-state index < -0.39 is 23.2 Å². The Morgan fingerprint density at radius 1 is 1.28 bits per heavy atom. The molecule has 2 aromatic rings. The molecule has 3 rings (SSSR count). The number of carboxylic acids is 1. The summed E-state index contributed by atoms with van der Waals surface area (Å²) in [7, 11) is 1.52. The molecule has 132 valence electrons. The molecule has 1 saturated carbocycles. The van der Waals surface area contributed by atoms with E-state index in [0.29, 0.717) is 22.9 Å².